The number of nitrogens with one attached hydrogen (secondary N) is 1. The Morgan fingerprint density at radius 2 is 2.10 bits per heavy atom. The molecule has 20 heavy (non-hydrogen) atoms. The third kappa shape index (κ3) is 3.42. The molecule has 0 saturated carbocycles. The van der Waals surface area contributed by atoms with Crippen LogP contribution in [0.25, 0.3) is 0 Å². The van der Waals surface area contributed by atoms with Crippen molar-refractivity contribution in [2.75, 3.05) is 14.2 Å². The van der Waals surface area contributed by atoms with Gasteiger partial charge >= 0.3 is 0 Å². The van der Waals surface area contributed by atoms with E-state index in [9.17, 15) is 0 Å². The van der Waals surface area contributed by atoms with Crippen LogP contribution >= 0.6 is 23.2 Å². The fourth-order valence-electron chi connectivity index (χ4n) is 2.14. The molecule has 0 fully saturated rings. The molecule has 1 aromatic carbocycles. The van der Waals surface area contributed by atoms with E-state index in [0.717, 1.165) is 23.3 Å². The van der Waals surface area contributed by atoms with Crippen LogP contribution in [0.3, 0.4) is 0 Å². The second-order valence-electron chi connectivity index (χ2n) is 4.40. The fourth-order valence-corrected chi connectivity index (χ4v) is 2.53. The van der Waals surface area contributed by atoms with E-state index in [1.807, 2.05) is 25.2 Å². The second-order valence-corrected chi connectivity index (χ2v) is 5.24. The van der Waals surface area contributed by atoms with Crippen LogP contribution in [0.5, 0.6) is 5.75 Å². The van der Waals surface area contributed by atoms with Crippen LogP contribution in [0.15, 0.2) is 36.7 Å². The number of methoxy groups -OCH3 is 1. The summed E-state index contributed by atoms with van der Waals surface area (Å²) in [5.41, 5.74) is 2.04. The van der Waals surface area contributed by atoms with Gasteiger partial charge in [-0.25, -0.2) is 0 Å². The van der Waals surface area contributed by atoms with Gasteiger partial charge < -0.3 is 10.1 Å². The van der Waals surface area contributed by atoms with Crippen molar-refractivity contribution < 1.29 is 4.74 Å². The van der Waals surface area contributed by atoms with Gasteiger partial charge in [0.15, 0.2) is 0 Å². The third-order valence-electron chi connectivity index (χ3n) is 3.19. The Kier molecular flexibility index (Phi) is 5.24. The highest BCUT2D eigenvalue weighted by Crippen LogP contribution is 2.29. The summed E-state index contributed by atoms with van der Waals surface area (Å²) in [7, 11) is 3.54. The SMILES string of the molecule is CNC(Cc1cc(Cl)ccc1Cl)c1ccncc1OC. The van der Waals surface area contributed by atoms with Crippen molar-refractivity contribution in [1.82, 2.24) is 10.3 Å². The summed E-state index contributed by atoms with van der Waals surface area (Å²) in [6.45, 7) is 0. The van der Waals surface area contributed by atoms with E-state index in [2.05, 4.69) is 10.3 Å². The van der Waals surface area contributed by atoms with Gasteiger partial charge in [-0.15, -0.1) is 0 Å². The molecule has 0 aliphatic rings. The number of halogens is 2. The van der Waals surface area contributed by atoms with Crippen molar-refractivity contribution in [2.45, 2.75) is 12.5 Å². The van der Waals surface area contributed by atoms with Crippen LogP contribution in [-0.4, -0.2) is 19.1 Å². The minimum atomic E-state index is 0.0731. The molecule has 2 aromatic rings. The molecule has 0 aliphatic carbocycles. The molecular formula is C15H16Cl2N2O. The first-order valence-electron chi connectivity index (χ1n) is 6.24. The van der Waals surface area contributed by atoms with E-state index in [1.54, 1.807) is 25.6 Å². The van der Waals surface area contributed by atoms with Crippen LogP contribution in [0, 0.1) is 0 Å². The normalized spacial score (nSPS) is 12.2. The monoisotopic (exact) mass is 310 g/mol. The first-order chi connectivity index (χ1) is 9.65. The van der Waals surface area contributed by atoms with E-state index in [-0.39, 0.29) is 6.04 Å². The minimum Gasteiger partial charge on any atom is -0.495 e. The van der Waals surface area contributed by atoms with Crippen LogP contribution in [0.4, 0.5) is 0 Å². The van der Waals surface area contributed by atoms with Crippen molar-refractivity contribution in [3.63, 3.8) is 0 Å². The first kappa shape index (κ1) is 15.1. The molecule has 106 valence electrons. The summed E-state index contributed by atoms with van der Waals surface area (Å²) < 4.78 is 5.36. The highest BCUT2D eigenvalue weighted by atomic mass is 35.5. The zero-order chi connectivity index (χ0) is 14.5. The maximum Gasteiger partial charge on any atom is 0.141 e. The lowest BCUT2D eigenvalue weighted by Crippen LogP contribution is -2.19. The molecule has 0 saturated heterocycles. The number of aromatic nitrogens is 1. The van der Waals surface area contributed by atoms with Gasteiger partial charge in [-0.1, -0.05) is 23.2 Å². The third-order valence-corrected chi connectivity index (χ3v) is 3.80. The minimum absolute atomic E-state index is 0.0731. The van der Waals surface area contributed by atoms with Crippen molar-refractivity contribution in [1.29, 1.82) is 0 Å². The van der Waals surface area contributed by atoms with Crippen LogP contribution in [-0.2, 0) is 6.42 Å². The number of rotatable bonds is 5. The summed E-state index contributed by atoms with van der Waals surface area (Å²) in [5.74, 6) is 0.755. The quantitative estimate of drug-likeness (QED) is 0.909. The Balaban J connectivity index is 2.31. The molecule has 0 bridgehead atoms. The summed E-state index contributed by atoms with van der Waals surface area (Å²) in [6, 6.07) is 7.51. The lowest BCUT2D eigenvalue weighted by atomic mass is 9.99. The Hall–Kier alpha value is -1.29. The summed E-state index contributed by atoms with van der Waals surface area (Å²) in [4.78, 5) is 4.07. The number of pyridine rings is 1. The fraction of sp³-hybridized carbons (Fsp3) is 0.267. The molecule has 0 amide bonds. The summed E-state index contributed by atoms with van der Waals surface area (Å²) in [5, 5.41) is 4.67. The average Bonchev–Trinajstić information content (AvgIpc) is 2.48. The van der Waals surface area contributed by atoms with Gasteiger partial charge in [0.2, 0.25) is 0 Å². The van der Waals surface area contributed by atoms with Crippen molar-refractivity contribution in [3.05, 3.63) is 57.8 Å². The Morgan fingerprint density at radius 3 is 2.80 bits per heavy atom. The Morgan fingerprint density at radius 1 is 1.30 bits per heavy atom. The van der Waals surface area contributed by atoms with Gasteiger partial charge in [-0.05, 0) is 43.3 Å². The number of likely N-dealkylation sites (N-methyl/N-ethyl adjacent to an activating group) is 1. The van der Waals surface area contributed by atoms with Gasteiger partial charge in [-0.3, -0.25) is 4.98 Å². The van der Waals surface area contributed by atoms with E-state index in [1.165, 1.54) is 0 Å². The van der Waals surface area contributed by atoms with E-state index in [4.69, 9.17) is 27.9 Å². The summed E-state index contributed by atoms with van der Waals surface area (Å²) >= 11 is 12.3. The molecule has 0 radical (unpaired) electrons. The number of benzene rings is 1. The highest BCUT2D eigenvalue weighted by molar-refractivity contribution is 6.33. The molecule has 1 N–H and O–H groups in total. The van der Waals surface area contributed by atoms with Crippen LogP contribution in [0.2, 0.25) is 10.0 Å². The first-order valence-corrected chi connectivity index (χ1v) is 7.00. The molecular weight excluding hydrogens is 295 g/mol. The standard InChI is InChI=1S/C15H16Cl2N2O/c1-18-14(12-5-6-19-9-15(12)20-2)8-10-7-11(16)3-4-13(10)17/h3-7,9,14,18H,8H2,1-2H3. The predicted molar refractivity (Wildman–Crippen MR) is 82.8 cm³/mol. The lowest BCUT2D eigenvalue weighted by Gasteiger charge is -2.19. The van der Waals surface area contributed by atoms with Crippen molar-refractivity contribution in [2.24, 2.45) is 0 Å². The van der Waals surface area contributed by atoms with Gasteiger partial charge in [-0.2, -0.15) is 0 Å². The molecule has 2 rings (SSSR count). The molecule has 1 unspecified atom stereocenters. The molecule has 5 heteroatoms. The smallest absolute Gasteiger partial charge is 0.141 e. The van der Waals surface area contributed by atoms with Crippen LogP contribution in [0.1, 0.15) is 17.2 Å². The number of nitrogens with zero attached hydrogens (tertiary/aromatic N) is 1. The van der Waals surface area contributed by atoms with Crippen molar-refractivity contribution >= 4 is 23.2 Å². The van der Waals surface area contributed by atoms with Gasteiger partial charge in [0.25, 0.3) is 0 Å². The zero-order valence-electron chi connectivity index (χ0n) is 11.4. The molecule has 3 nitrogen and oxygen atoms in total. The van der Waals surface area contributed by atoms with Gasteiger partial charge in [0.05, 0.1) is 13.3 Å². The average molecular weight is 311 g/mol. The lowest BCUT2D eigenvalue weighted by molar-refractivity contribution is 0.399. The second kappa shape index (κ2) is 6.93. The zero-order valence-corrected chi connectivity index (χ0v) is 12.9. The maximum atomic E-state index is 6.23. The number of hydrogen-bond donors (Lipinski definition) is 1. The molecule has 0 spiro atoms. The predicted octanol–water partition coefficient (Wildman–Crippen LogP) is 3.90. The van der Waals surface area contributed by atoms with Crippen molar-refractivity contribution in [3.8, 4) is 5.75 Å². The summed E-state index contributed by atoms with van der Waals surface area (Å²) in [6.07, 6.45) is 4.18. The molecule has 1 aromatic heterocycles. The molecule has 1 atom stereocenters. The molecule has 1 heterocycles. The Bertz CT molecular complexity index is 590. The van der Waals surface area contributed by atoms with Gasteiger partial charge in [0, 0.05) is 27.8 Å². The van der Waals surface area contributed by atoms with E-state index >= 15 is 0 Å². The van der Waals surface area contributed by atoms with E-state index in [0.29, 0.717) is 10.0 Å². The number of hydrogen-bond acceptors (Lipinski definition) is 3. The topological polar surface area (TPSA) is 34.2 Å². The maximum absolute atomic E-state index is 6.23. The largest absolute Gasteiger partial charge is 0.495 e. The highest BCUT2D eigenvalue weighted by Gasteiger charge is 2.16. The van der Waals surface area contributed by atoms with Crippen LogP contribution < -0.4 is 10.1 Å². The Labute approximate surface area is 128 Å². The number of ether oxygens (including phenoxy) is 1. The molecule has 0 aliphatic heterocycles. The van der Waals surface area contributed by atoms with E-state index < -0.39 is 0 Å². The van der Waals surface area contributed by atoms with Gasteiger partial charge in [0.1, 0.15) is 5.75 Å².